The van der Waals surface area contributed by atoms with E-state index in [1.807, 2.05) is 48.5 Å². The van der Waals surface area contributed by atoms with Crippen molar-refractivity contribution in [1.29, 1.82) is 0 Å². The number of benzene rings is 3. The van der Waals surface area contributed by atoms with Gasteiger partial charge in [-0.1, -0.05) is 18.2 Å². The van der Waals surface area contributed by atoms with Crippen LogP contribution >= 0.6 is 0 Å². The smallest absolute Gasteiger partial charge is 0.308 e. The van der Waals surface area contributed by atoms with E-state index in [2.05, 4.69) is 0 Å². The molecule has 0 fully saturated rings. The van der Waals surface area contributed by atoms with Crippen molar-refractivity contribution in [1.82, 2.24) is 0 Å². The summed E-state index contributed by atoms with van der Waals surface area (Å²) in [5.74, 6) is 2.17. The Kier molecular flexibility index (Phi) is 4.43. The largest absolute Gasteiger partial charge is 0.497 e. The fraction of sp³-hybridized carbons (Fsp3) is 0.125. The van der Waals surface area contributed by atoms with Crippen LogP contribution in [0.3, 0.4) is 0 Å². The van der Waals surface area contributed by atoms with Crippen molar-refractivity contribution in [3.63, 3.8) is 0 Å². The minimum Gasteiger partial charge on any atom is -0.497 e. The number of carbonyl (C=O) groups is 1. The number of esters is 1. The summed E-state index contributed by atoms with van der Waals surface area (Å²) in [7, 11) is 1.61. The molecule has 0 bridgehead atoms. The van der Waals surface area contributed by atoms with E-state index in [0.717, 1.165) is 22.4 Å². The zero-order chi connectivity index (χ0) is 21.5. The zero-order valence-electron chi connectivity index (χ0n) is 16.9. The summed E-state index contributed by atoms with van der Waals surface area (Å²) in [6.45, 7) is 1.53. The first-order valence-corrected chi connectivity index (χ1v) is 9.62. The van der Waals surface area contributed by atoms with Gasteiger partial charge in [0.15, 0.2) is 17.4 Å². The van der Waals surface area contributed by atoms with Gasteiger partial charge in [-0.15, -0.1) is 0 Å². The number of nitrogen functional groups attached to an aromatic ring is 1. The highest BCUT2D eigenvalue weighted by molar-refractivity contribution is 6.06. The molecule has 4 aromatic rings. The second-order valence-corrected chi connectivity index (χ2v) is 7.08. The van der Waals surface area contributed by atoms with Gasteiger partial charge in [-0.3, -0.25) is 4.79 Å². The second-order valence-electron chi connectivity index (χ2n) is 7.08. The normalized spacial score (nSPS) is 12.2. The lowest BCUT2D eigenvalue weighted by Crippen LogP contribution is -2.02. The fourth-order valence-electron chi connectivity index (χ4n) is 3.73. The summed E-state index contributed by atoms with van der Waals surface area (Å²) in [6, 6.07) is 16.7. The summed E-state index contributed by atoms with van der Waals surface area (Å²) >= 11 is 0. The number of carbonyl (C=O) groups excluding carboxylic acids is 1. The highest BCUT2D eigenvalue weighted by Gasteiger charge is 2.23. The number of anilines is 1. The third kappa shape index (κ3) is 3.30. The molecule has 0 amide bonds. The van der Waals surface area contributed by atoms with E-state index >= 15 is 0 Å². The highest BCUT2D eigenvalue weighted by atomic mass is 16.7. The summed E-state index contributed by atoms with van der Waals surface area (Å²) < 4.78 is 27.6. The van der Waals surface area contributed by atoms with Gasteiger partial charge in [0.1, 0.15) is 17.1 Å². The van der Waals surface area contributed by atoms with E-state index in [1.165, 1.54) is 6.92 Å². The van der Waals surface area contributed by atoms with Crippen molar-refractivity contribution >= 4 is 22.8 Å². The molecule has 0 unspecified atom stereocenters. The SMILES string of the molecule is COc1ccc(-c2cc(OC(C)=O)c3c(-c4ccc5c(c4)OCO5)c(N)oc3c2)cc1. The van der Waals surface area contributed by atoms with Crippen molar-refractivity contribution < 1.29 is 28.2 Å². The summed E-state index contributed by atoms with van der Waals surface area (Å²) in [6.07, 6.45) is 0. The molecule has 0 atom stereocenters. The number of furan rings is 1. The Balaban J connectivity index is 1.70. The number of nitrogens with two attached hydrogens (primary N) is 1. The molecular formula is C24H19NO6. The van der Waals surface area contributed by atoms with Crippen molar-refractivity contribution in [3.05, 3.63) is 54.6 Å². The first-order valence-electron chi connectivity index (χ1n) is 9.62. The van der Waals surface area contributed by atoms with Crippen LogP contribution in [0.4, 0.5) is 5.88 Å². The Morgan fingerprint density at radius 2 is 1.68 bits per heavy atom. The second kappa shape index (κ2) is 7.28. The van der Waals surface area contributed by atoms with Gasteiger partial charge in [-0.05, 0) is 53.1 Å². The van der Waals surface area contributed by atoms with Crippen LogP contribution in [0.1, 0.15) is 6.92 Å². The van der Waals surface area contributed by atoms with Crippen LogP contribution in [0.25, 0.3) is 33.2 Å². The first kappa shape index (κ1) is 18.9. The maximum absolute atomic E-state index is 11.9. The molecule has 31 heavy (non-hydrogen) atoms. The van der Waals surface area contributed by atoms with E-state index < -0.39 is 5.97 Å². The molecule has 0 saturated heterocycles. The van der Waals surface area contributed by atoms with Gasteiger partial charge >= 0.3 is 5.97 Å². The third-order valence-electron chi connectivity index (χ3n) is 5.12. The summed E-state index contributed by atoms with van der Waals surface area (Å²) in [5, 5.41) is 0.615. The van der Waals surface area contributed by atoms with Crippen molar-refractivity contribution in [3.8, 4) is 45.3 Å². The fourth-order valence-corrected chi connectivity index (χ4v) is 3.73. The lowest BCUT2D eigenvalue weighted by molar-refractivity contribution is -0.131. The van der Waals surface area contributed by atoms with Crippen LogP contribution in [0, 0.1) is 0 Å². The molecule has 0 saturated carbocycles. The maximum atomic E-state index is 11.9. The molecule has 2 heterocycles. The van der Waals surface area contributed by atoms with Crippen LogP contribution in [0.15, 0.2) is 59.0 Å². The van der Waals surface area contributed by atoms with Crippen LogP contribution < -0.4 is 24.7 Å². The molecule has 0 aliphatic carbocycles. The van der Waals surface area contributed by atoms with E-state index in [9.17, 15) is 4.79 Å². The summed E-state index contributed by atoms with van der Waals surface area (Å²) in [5.41, 5.74) is 9.90. The zero-order valence-corrected chi connectivity index (χ0v) is 16.9. The Morgan fingerprint density at radius 1 is 0.935 bits per heavy atom. The Labute approximate surface area is 177 Å². The number of hydrogen-bond acceptors (Lipinski definition) is 7. The minimum atomic E-state index is -0.440. The van der Waals surface area contributed by atoms with Crippen LogP contribution in [-0.2, 0) is 4.79 Å². The van der Waals surface area contributed by atoms with E-state index in [4.69, 9.17) is 29.1 Å². The lowest BCUT2D eigenvalue weighted by atomic mass is 9.99. The molecule has 1 aliphatic rings. The van der Waals surface area contributed by atoms with Gasteiger partial charge in [0.2, 0.25) is 6.79 Å². The molecular weight excluding hydrogens is 398 g/mol. The lowest BCUT2D eigenvalue weighted by Gasteiger charge is -2.10. The third-order valence-corrected chi connectivity index (χ3v) is 5.12. The standard InChI is InChI=1S/C24H19NO6/c1-13(26)30-20-10-16(14-3-6-17(27-2)7-4-14)11-21-23(20)22(24(25)31-21)15-5-8-18-19(9-15)29-12-28-18/h3-11H,12,25H2,1-2H3. The molecule has 1 aromatic heterocycles. The van der Waals surface area contributed by atoms with E-state index in [0.29, 0.717) is 33.8 Å². The molecule has 7 heteroatoms. The van der Waals surface area contributed by atoms with Gasteiger partial charge in [0.25, 0.3) is 0 Å². The number of ether oxygens (including phenoxy) is 4. The number of methoxy groups -OCH3 is 1. The average molecular weight is 417 g/mol. The quantitative estimate of drug-likeness (QED) is 0.368. The molecule has 0 radical (unpaired) electrons. The molecule has 5 rings (SSSR count). The van der Waals surface area contributed by atoms with Gasteiger partial charge < -0.3 is 29.1 Å². The molecule has 1 aliphatic heterocycles. The Bertz CT molecular complexity index is 1310. The molecule has 7 nitrogen and oxygen atoms in total. The number of hydrogen-bond donors (Lipinski definition) is 1. The predicted octanol–water partition coefficient (Wildman–Crippen LogP) is 5.01. The molecule has 156 valence electrons. The predicted molar refractivity (Wildman–Crippen MR) is 115 cm³/mol. The molecule has 3 aromatic carbocycles. The summed E-state index contributed by atoms with van der Waals surface area (Å²) in [4.78, 5) is 11.9. The Hall–Kier alpha value is -4.13. The van der Waals surface area contributed by atoms with Gasteiger partial charge in [0, 0.05) is 6.92 Å². The van der Waals surface area contributed by atoms with Crippen molar-refractivity contribution in [2.75, 3.05) is 19.6 Å². The first-order chi connectivity index (χ1) is 15.0. The molecule has 2 N–H and O–H groups in total. The van der Waals surface area contributed by atoms with Gasteiger partial charge in [-0.2, -0.15) is 0 Å². The van der Waals surface area contributed by atoms with Crippen LogP contribution in [0.5, 0.6) is 23.0 Å². The number of rotatable bonds is 4. The topological polar surface area (TPSA) is 93.2 Å². The monoisotopic (exact) mass is 417 g/mol. The highest BCUT2D eigenvalue weighted by Crippen LogP contribution is 2.46. The van der Waals surface area contributed by atoms with Gasteiger partial charge in [0.05, 0.1) is 18.1 Å². The van der Waals surface area contributed by atoms with Crippen LogP contribution in [-0.4, -0.2) is 19.9 Å². The average Bonchev–Trinajstić information content (AvgIpc) is 3.36. The Morgan fingerprint density at radius 3 is 2.42 bits per heavy atom. The van der Waals surface area contributed by atoms with Gasteiger partial charge in [-0.25, -0.2) is 0 Å². The number of fused-ring (bicyclic) bond motifs is 2. The molecule has 0 spiro atoms. The van der Waals surface area contributed by atoms with Crippen LogP contribution in [0.2, 0.25) is 0 Å². The van der Waals surface area contributed by atoms with Crippen molar-refractivity contribution in [2.24, 2.45) is 0 Å². The minimum absolute atomic E-state index is 0.171. The maximum Gasteiger partial charge on any atom is 0.308 e. The van der Waals surface area contributed by atoms with Crippen molar-refractivity contribution in [2.45, 2.75) is 6.92 Å². The van der Waals surface area contributed by atoms with E-state index in [-0.39, 0.29) is 12.7 Å². The van der Waals surface area contributed by atoms with E-state index in [1.54, 1.807) is 13.2 Å².